The summed E-state index contributed by atoms with van der Waals surface area (Å²) in [5, 5.41) is 12.0. The van der Waals surface area contributed by atoms with E-state index in [1.165, 1.54) is 22.0 Å². The summed E-state index contributed by atoms with van der Waals surface area (Å²) < 4.78 is 0. The Morgan fingerprint density at radius 1 is 1.12 bits per heavy atom. The third-order valence-corrected chi connectivity index (χ3v) is 6.47. The van der Waals surface area contributed by atoms with Crippen LogP contribution in [0.25, 0.3) is 0 Å². The lowest BCUT2D eigenvalue weighted by Crippen LogP contribution is -2.21. The molecule has 2 aromatic carbocycles. The first-order valence-corrected chi connectivity index (χ1v) is 9.92. The number of rotatable bonds is 6. The second-order valence-electron chi connectivity index (χ2n) is 7.16. The predicted octanol–water partition coefficient (Wildman–Crippen LogP) is 5.39. The summed E-state index contributed by atoms with van der Waals surface area (Å²) >= 11 is 0. The first-order valence-electron chi connectivity index (χ1n) is 8.92. The number of aromatic hydroxyl groups is 1. The molecule has 2 rings (SSSR count). The Hall–Kier alpha value is -1.66. The second kappa shape index (κ2) is 8.15. The van der Waals surface area contributed by atoms with Gasteiger partial charge in [-0.1, -0.05) is 64.2 Å². The maximum Gasteiger partial charge on any atom is 0.122 e. The van der Waals surface area contributed by atoms with Gasteiger partial charge < -0.3 is 5.11 Å². The van der Waals surface area contributed by atoms with Crippen molar-refractivity contribution in [2.24, 2.45) is 4.99 Å². The number of aliphatic imine (C=N–C) groups is 1. The molecule has 0 aromatic heterocycles. The molecule has 0 bridgehead atoms. The van der Waals surface area contributed by atoms with Crippen LogP contribution >= 0.6 is 8.58 Å². The van der Waals surface area contributed by atoms with E-state index in [1.807, 2.05) is 20.2 Å². The van der Waals surface area contributed by atoms with Crippen LogP contribution in [-0.2, 0) is 5.16 Å². The van der Waals surface area contributed by atoms with E-state index in [9.17, 15) is 5.11 Å². The van der Waals surface area contributed by atoms with Crippen LogP contribution in [0, 0.1) is 20.8 Å². The van der Waals surface area contributed by atoms with Gasteiger partial charge in [0.15, 0.2) is 0 Å². The van der Waals surface area contributed by atoms with Gasteiger partial charge in [-0.25, -0.2) is 0 Å². The monoisotopic (exact) mass is 355 g/mol. The van der Waals surface area contributed by atoms with Gasteiger partial charge >= 0.3 is 0 Å². The number of nitrogens with zero attached hydrogens (tertiary/aromatic N) is 1. The van der Waals surface area contributed by atoms with E-state index in [1.54, 1.807) is 0 Å². The van der Waals surface area contributed by atoms with Crippen molar-refractivity contribution in [2.75, 3.05) is 7.05 Å². The van der Waals surface area contributed by atoms with Crippen LogP contribution in [0.15, 0.2) is 35.3 Å². The van der Waals surface area contributed by atoms with E-state index in [2.05, 4.69) is 63.0 Å². The van der Waals surface area contributed by atoms with Crippen molar-refractivity contribution in [1.29, 1.82) is 0 Å². The van der Waals surface area contributed by atoms with Gasteiger partial charge in [0.05, 0.1) is 0 Å². The topological polar surface area (TPSA) is 32.6 Å². The lowest BCUT2D eigenvalue weighted by Gasteiger charge is -2.32. The summed E-state index contributed by atoms with van der Waals surface area (Å²) in [5.41, 5.74) is 5.67. The molecule has 0 radical (unpaired) electrons. The number of hydrogen-bond acceptors (Lipinski definition) is 2. The minimum absolute atomic E-state index is 0.0821. The normalized spacial score (nSPS) is 14.5. The van der Waals surface area contributed by atoms with E-state index in [0.717, 1.165) is 24.0 Å². The Balaban J connectivity index is 2.56. The summed E-state index contributed by atoms with van der Waals surface area (Å²) in [6.45, 7) is 10.7. The number of aryl methyl sites for hydroxylation is 3. The Labute approximate surface area is 154 Å². The minimum atomic E-state index is -0.0821. The Morgan fingerprint density at radius 2 is 1.84 bits per heavy atom. The highest BCUT2D eigenvalue weighted by atomic mass is 31.1. The standard InChI is InChI=1S/C22H30NOP/c1-7-10-22(5,19-13-16(3)11-17(4)21(19)24)25-20-9-8-15(2)12-18(20)14-23-6/h8-9,11-14,24-25H,7,10H2,1-6H3. The number of benzene rings is 2. The molecule has 0 amide bonds. The maximum atomic E-state index is 10.8. The van der Waals surface area contributed by atoms with Crippen molar-refractivity contribution in [3.05, 3.63) is 58.1 Å². The minimum Gasteiger partial charge on any atom is -0.507 e. The molecule has 2 atom stereocenters. The number of phenolic OH excluding ortho intramolecular Hbond substituents is 1. The van der Waals surface area contributed by atoms with Gasteiger partial charge in [-0.3, -0.25) is 4.99 Å². The molecule has 0 fully saturated rings. The summed E-state index contributed by atoms with van der Waals surface area (Å²) in [6.07, 6.45) is 4.07. The third kappa shape index (κ3) is 4.50. The molecular formula is C22H30NOP. The summed E-state index contributed by atoms with van der Waals surface area (Å²) in [5.74, 6) is 0.451. The molecule has 0 aliphatic rings. The Morgan fingerprint density at radius 3 is 2.48 bits per heavy atom. The highest BCUT2D eigenvalue weighted by Gasteiger charge is 2.30. The first-order chi connectivity index (χ1) is 11.8. The van der Waals surface area contributed by atoms with E-state index < -0.39 is 0 Å². The van der Waals surface area contributed by atoms with Gasteiger partial charge in [-0.15, -0.1) is 0 Å². The molecule has 2 unspecified atom stereocenters. The van der Waals surface area contributed by atoms with Crippen LogP contribution in [0.1, 0.15) is 54.5 Å². The lowest BCUT2D eigenvalue weighted by molar-refractivity contribution is 0.449. The van der Waals surface area contributed by atoms with Crippen molar-refractivity contribution in [3.8, 4) is 5.75 Å². The van der Waals surface area contributed by atoms with Crippen molar-refractivity contribution >= 4 is 20.1 Å². The highest BCUT2D eigenvalue weighted by molar-refractivity contribution is 7.48. The van der Waals surface area contributed by atoms with Crippen molar-refractivity contribution in [3.63, 3.8) is 0 Å². The average Bonchev–Trinajstić information content (AvgIpc) is 2.54. The first kappa shape index (κ1) is 19.7. The summed E-state index contributed by atoms with van der Waals surface area (Å²) in [7, 11) is 2.39. The smallest absolute Gasteiger partial charge is 0.122 e. The molecule has 3 heteroatoms. The molecule has 0 saturated heterocycles. The SMILES string of the molecule is CCCC(C)(Pc1ccc(C)cc1C=NC)c1cc(C)cc(C)c1O. The largest absolute Gasteiger partial charge is 0.507 e. The van der Waals surface area contributed by atoms with Gasteiger partial charge in [0.25, 0.3) is 0 Å². The zero-order valence-corrected chi connectivity index (χ0v) is 17.3. The van der Waals surface area contributed by atoms with Gasteiger partial charge in [0, 0.05) is 24.0 Å². The quantitative estimate of drug-likeness (QED) is 0.547. The number of phenols is 1. The molecule has 0 heterocycles. The molecule has 134 valence electrons. The lowest BCUT2D eigenvalue weighted by atomic mass is 9.91. The van der Waals surface area contributed by atoms with Crippen molar-refractivity contribution < 1.29 is 5.11 Å². The molecule has 0 aliphatic carbocycles. The van der Waals surface area contributed by atoms with Crippen LogP contribution in [0.5, 0.6) is 5.75 Å². The fraction of sp³-hybridized carbons (Fsp3) is 0.409. The van der Waals surface area contributed by atoms with Crippen LogP contribution in [-0.4, -0.2) is 18.4 Å². The van der Waals surface area contributed by atoms with E-state index >= 15 is 0 Å². The van der Waals surface area contributed by atoms with Gasteiger partial charge in [0.1, 0.15) is 5.75 Å². The van der Waals surface area contributed by atoms with Gasteiger partial charge in [0.2, 0.25) is 0 Å². The molecule has 0 saturated carbocycles. The van der Waals surface area contributed by atoms with Gasteiger partial charge in [-0.2, -0.15) is 0 Å². The zero-order chi connectivity index (χ0) is 18.6. The van der Waals surface area contributed by atoms with Crippen LogP contribution < -0.4 is 5.30 Å². The fourth-order valence-electron chi connectivity index (χ4n) is 3.48. The van der Waals surface area contributed by atoms with Crippen LogP contribution in [0.3, 0.4) is 0 Å². The fourth-order valence-corrected chi connectivity index (χ4v) is 5.23. The second-order valence-corrected chi connectivity index (χ2v) is 9.06. The zero-order valence-electron chi connectivity index (χ0n) is 16.3. The third-order valence-electron chi connectivity index (χ3n) is 4.68. The molecule has 0 aliphatic heterocycles. The Bertz CT molecular complexity index is 782. The molecule has 2 aromatic rings. The summed E-state index contributed by atoms with van der Waals surface area (Å²) in [6, 6.07) is 10.8. The van der Waals surface area contributed by atoms with Gasteiger partial charge in [-0.05, 0) is 49.7 Å². The number of hydrogen-bond donors (Lipinski definition) is 1. The van der Waals surface area contributed by atoms with Crippen molar-refractivity contribution in [2.45, 2.75) is 52.6 Å². The van der Waals surface area contributed by atoms with Crippen LogP contribution in [0.4, 0.5) is 0 Å². The summed E-state index contributed by atoms with van der Waals surface area (Å²) in [4.78, 5) is 4.23. The molecular weight excluding hydrogens is 325 g/mol. The maximum absolute atomic E-state index is 10.8. The highest BCUT2D eigenvalue weighted by Crippen LogP contribution is 2.49. The van der Waals surface area contributed by atoms with Crippen LogP contribution in [0.2, 0.25) is 0 Å². The van der Waals surface area contributed by atoms with E-state index in [-0.39, 0.29) is 5.16 Å². The molecule has 2 nitrogen and oxygen atoms in total. The Kier molecular flexibility index (Phi) is 6.41. The molecule has 1 N–H and O–H groups in total. The van der Waals surface area contributed by atoms with Crippen molar-refractivity contribution in [1.82, 2.24) is 0 Å². The van der Waals surface area contributed by atoms with E-state index in [4.69, 9.17) is 0 Å². The van der Waals surface area contributed by atoms with E-state index in [0.29, 0.717) is 14.3 Å². The molecule has 25 heavy (non-hydrogen) atoms. The molecule has 0 spiro atoms. The average molecular weight is 355 g/mol. The predicted molar refractivity (Wildman–Crippen MR) is 112 cm³/mol.